The van der Waals surface area contributed by atoms with Crippen molar-refractivity contribution < 1.29 is 4.74 Å². The van der Waals surface area contributed by atoms with Crippen LogP contribution in [0, 0.1) is 5.92 Å². The van der Waals surface area contributed by atoms with Crippen LogP contribution in [0.4, 0.5) is 0 Å². The van der Waals surface area contributed by atoms with Gasteiger partial charge in [-0.15, -0.1) is 0 Å². The monoisotopic (exact) mass is 361 g/mol. The highest BCUT2D eigenvalue weighted by molar-refractivity contribution is 5.88. The summed E-state index contributed by atoms with van der Waals surface area (Å²) in [5, 5.41) is 0. The van der Waals surface area contributed by atoms with Gasteiger partial charge in [-0.05, 0) is 32.6 Å². The fraction of sp³-hybridized carbons (Fsp3) is 0.773. The van der Waals surface area contributed by atoms with Crippen LogP contribution in [0.1, 0.15) is 65.7 Å². The second kappa shape index (κ2) is 11.6. The molecule has 2 atom stereocenters. The molecule has 4 nitrogen and oxygen atoms in total. The molecule has 0 aromatic heterocycles. The van der Waals surface area contributed by atoms with E-state index in [0.29, 0.717) is 5.92 Å². The molecule has 0 aromatic carbocycles. The Labute approximate surface area is 161 Å². The molecule has 0 saturated carbocycles. The van der Waals surface area contributed by atoms with E-state index >= 15 is 0 Å². The van der Waals surface area contributed by atoms with E-state index in [2.05, 4.69) is 56.0 Å². The predicted molar refractivity (Wildman–Crippen MR) is 111 cm³/mol. The number of hydrogen-bond acceptors (Lipinski definition) is 3. The Kier molecular flexibility index (Phi) is 9.41. The highest BCUT2D eigenvalue weighted by Crippen LogP contribution is 2.28. The Hall–Kier alpha value is -1.13. The van der Waals surface area contributed by atoms with Gasteiger partial charge in [-0.25, -0.2) is 0 Å². The first-order chi connectivity index (χ1) is 12.7. The molecule has 2 aliphatic heterocycles. The molecule has 1 saturated heterocycles. The van der Waals surface area contributed by atoms with E-state index in [1.165, 1.54) is 37.9 Å². The number of unbranched alkanes of at least 4 members (excludes halogenated alkanes) is 3. The van der Waals surface area contributed by atoms with Crippen LogP contribution in [0.2, 0.25) is 0 Å². The molecule has 148 valence electrons. The molecule has 2 unspecified atom stereocenters. The van der Waals surface area contributed by atoms with Crippen LogP contribution in [0.25, 0.3) is 0 Å². The van der Waals surface area contributed by atoms with Crippen molar-refractivity contribution in [2.24, 2.45) is 10.9 Å². The summed E-state index contributed by atoms with van der Waals surface area (Å²) >= 11 is 0. The van der Waals surface area contributed by atoms with E-state index in [1.807, 2.05) is 0 Å². The van der Waals surface area contributed by atoms with E-state index in [0.717, 1.165) is 39.1 Å². The largest absolute Gasteiger partial charge is 0.379 e. The standard InChI is InChI=1S/C22H39N3O/c1-5-7-9-10-11-20-17-21(12-8-6-2)22(24(4)18-20)23-19(3)25-13-15-26-16-14-25/h8,12,18-19,21H,5-7,9-11,13-17H2,1-4H3. The van der Waals surface area contributed by atoms with Gasteiger partial charge in [-0.3, -0.25) is 9.89 Å². The predicted octanol–water partition coefficient (Wildman–Crippen LogP) is 4.84. The smallest absolute Gasteiger partial charge is 0.112 e. The van der Waals surface area contributed by atoms with E-state index in [9.17, 15) is 0 Å². The number of amidine groups is 1. The maximum absolute atomic E-state index is 5.48. The van der Waals surface area contributed by atoms with Crippen LogP contribution < -0.4 is 0 Å². The third-order valence-corrected chi connectivity index (χ3v) is 5.40. The summed E-state index contributed by atoms with van der Waals surface area (Å²) in [6.45, 7) is 10.3. The summed E-state index contributed by atoms with van der Waals surface area (Å²) in [5.74, 6) is 1.63. The number of allylic oxidation sites excluding steroid dienone is 2. The molecule has 0 aliphatic carbocycles. The van der Waals surface area contributed by atoms with Crippen LogP contribution in [-0.2, 0) is 4.74 Å². The number of aliphatic imine (C=N–C) groups is 1. The second-order valence-corrected chi connectivity index (χ2v) is 7.62. The van der Waals surface area contributed by atoms with Crippen LogP contribution in [0.15, 0.2) is 28.9 Å². The van der Waals surface area contributed by atoms with E-state index in [1.54, 1.807) is 5.57 Å². The van der Waals surface area contributed by atoms with Gasteiger partial charge in [0.05, 0.1) is 13.2 Å². The van der Waals surface area contributed by atoms with Gasteiger partial charge in [0, 0.05) is 32.3 Å². The lowest BCUT2D eigenvalue weighted by atomic mass is 9.91. The minimum Gasteiger partial charge on any atom is -0.379 e. The third-order valence-electron chi connectivity index (χ3n) is 5.40. The minimum atomic E-state index is 0.216. The molecule has 0 amide bonds. The number of morpholine rings is 1. The van der Waals surface area contributed by atoms with E-state index in [-0.39, 0.29) is 6.17 Å². The molecular weight excluding hydrogens is 322 g/mol. The van der Waals surface area contributed by atoms with Gasteiger partial charge in [-0.1, -0.05) is 50.8 Å². The molecule has 2 rings (SSSR count). The Balaban J connectivity index is 2.07. The maximum Gasteiger partial charge on any atom is 0.112 e. The lowest BCUT2D eigenvalue weighted by Crippen LogP contribution is -2.43. The fourth-order valence-corrected chi connectivity index (χ4v) is 3.84. The summed E-state index contributed by atoms with van der Waals surface area (Å²) in [5.41, 5.74) is 1.58. The first-order valence-electron chi connectivity index (χ1n) is 10.6. The van der Waals surface area contributed by atoms with Crippen LogP contribution in [0.5, 0.6) is 0 Å². The highest BCUT2D eigenvalue weighted by Gasteiger charge is 2.25. The zero-order valence-electron chi connectivity index (χ0n) is 17.4. The lowest BCUT2D eigenvalue weighted by Gasteiger charge is -2.34. The first kappa shape index (κ1) is 21.2. The average Bonchev–Trinajstić information content (AvgIpc) is 2.66. The molecule has 1 fully saturated rings. The summed E-state index contributed by atoms with van der Waals surface area (Å²) in [4.78, 5) is 9.84. The van der Waals surface area contributed by atoms with Gasteiger partial charge >= 0.3 is 0 Å². The van der Waals surface area contributed by atoms with Crippen molar-refractivity contribution in [3.05, 3.63) is 23.9 Å². The van der Waals surface area contributed by atoms with Crippen molar-refractivity contribution in [3.8, 4) is 0 Å². The number of hydrogen-bond donors (Lipinski definition) is 0. The lowest BCUT2D eigenvalue weighted by molar-refractivity contribution is 0.0217. The van der Waals surface area contributed by atoms with Gasteiger partial charge in [0.1, 0.15) is 12.0 Å². The molecule has 0 spiro atoms. The van der Waals surface area contributed by atoms with Crippen molar-refractivity contribution in [1.82, 2.24) is 9.80 Å². The first-order valence-corrected chi connectivity index (χ1v) is 10.6. The number of ether oxygens (including phenoxy) is 1. The molecule has 2 aliphatic rings. The van der Waals surface area contributed by atoms with Crippen molar-refractivity contribution in [2.75, 3.05) is 33.4 Å². The summed E-state index contributed by atoms with van der Waals surface area (Å²) < 4.78 is 5.48. The topological polar surface area (TPSA) is 28.1 Å². The maximum atomic E-state index is 5.48. The number of nitrogens with zero attached hydrogens (tertiary/aromatic N) is 3. The van der Waals surface area contributed by atoms with Crippen molar-refractivity contribution >= 4 is 5.84 Å². The zero-order valence-corrected chi connectivity index (χ0v) is 17.4. The number of rotatable bonds is 9. The summed E-state index contributed by atoms with van der Waals surface area (Å²) in [6, 6.07) is 0. The summed E-state index contributed by atoms with van der Waals surface area (Å²) in [6.07, 6.45) is 16.0. The minimum absolute atomic E-state index is 0.216. The molecule has 0 radical (unpaired) electrons. The summed E-state index contributed by atoms with van der Waals surface area (Å²) in [7, 11) is 2.17. The molecular formula is C22H39N3O. The van der Waals surface area contributed by atoms with Gasteiger partial charge in [0.25, 0.3) is 0 Å². The Morgan fingerprint density at radius 1 is 1.23 bits per heavy atom. The van der Waals surface area contributed by atoms with Crippen molar-refractivity contribution in [2.45, 2.75) is 71.9 Å². The zero-order chi connectivity index (χ0) is 18.8. The van der Waals surface area contributed by atoms with Crippen molar-refractivity contribution in [3.63, 3.8) is 0 Å². The Morgan fingerprint density at radius 2 is 2.00 bits per heavy atom. The van der Waals surface area contributed by atoms with Gasteiger partial charge < -0.3 is 9.64 Å². The molecule has 0 aromatic rings. The van der Waals surface area contributed by atoms with Crippen LogP contribution >= 0.6 is 0 Å². The second-order valence-electron chi connectivity index (χ2n) is 7.62. The highest BCUT2D eigenvalue weighted by atomic mass is 16.5. The average molecular weight is 362 g/mol. The molecule has 4 heteroatoms. The van der Waals surface area contributed by atoms with Gasteiger partial charge in [0.2, 0.25) is 0 Å². The molecule has 2 heterocycles. The molecule has 0 N–H and O–H groups in total. The SMILES string of the molecule is CCC=CC1CC(CCCCCC)=CN(C)C1=NC(C)N1CCOCC1. The normalized spacial score (nSPS) is 25.1. The van der Waals surface area contributed by atoms with Gasteiger partial charge in [0.15, 0.2) is 0 Å². The third kappa shape index (κ3) is 6.55. The molecule has 26 heavy (non-hydrogen) atoms. The van der Waals surface area contributed by atoms with E-state index < -0.39 is 0 Å². The Morgan fingerprint density at radius 3 is 2.69 bits per heavy atom. The quantitative estimate of drug-likeness (QED) is 0.435. The van der Waals surface area contributed by atoms with Crippen LogP contribution in [-0.4, -0.2) is 55.2 Å². The van der Waals surface area contributed by atoms with E-state index in [4.69, 9.17) is 9.73 Å². The molecule has 0 bridgehead atoms. The van der Waals surface area contributed by atoms with Crippen molar-refractivity contribution in [1.29, 1.82) is 0 Å². The Bertz CT molecular complexity index is 492. The fourth-order valence-electron chi connectivity index (χ4n) is 3.84. The van der Waals surface area contributed by atoms with Gasteiger partial charge in [-0.2, -0.15) is 0 Å². The van der Waals surface area contributed by atoms with Crippen LogP contribution in [0.3, 0.4) is 0 Å².